The van der Waals surface area contributed by atoms with Crippen LogP contribution in [-0.4, -0.2) is 5.25 Å². The van der Waals surface area contributed by atoms with Crippen LogP contribution in [0, 0.1) is 17.1 Å². The molecule has 1 fully saturated rings. The molecule has 1 radical (unpaired) electrons. The molecule has 1 aliphatic carbocycles. The SMILES string of the molecule is [CH-]SC1C(C)(C)CCC1(C)C. The van der Waals surface area contributed by atoms with Gasteiger partial charge in [-0.1, -0.05) is 27.7 Å². The van der Waals surface area contributed by atoms with Crippen molar-refractivity contribution in [1.29, 1.82) is 0 Å². The molecule has 0 aromatic rings. The number of hydrogen-bond donors (Lipinski definition) is 0. The third-order valence-electron chi connectivity index (χ3n) is 2.97. The molecule has 0 aliphatic heterocycles. The van der Waals surface area contributed by atoms with Gasteiger partial charge in [-0.25, -0.2) is 0 Å². The first-order chi connectivity index (χ1) is 4.90. The van der Waals surface area contributed by atoms with Crippen LogP contribution in [0.2, 0.25) is 0 Å². The molecule has 0 unspecified atom stereocenters. The van der Waals surface area contributed by atoms with Crippen molar-refractivity contribution >= 4 is 11.8 Å². The van der Waals surface area contributed by atoms with E-state index in [1.165, 1.54) is 12.8 Å². The predicted molar refractivity (Wildman–Crippen MR) is 52.5 cm³/mol. The second-order valence-electron chi connectivity index (χ2n) is 4.99. The minimum Gasteiger partial charge on any atom is -0.428 e. The van der Waals surface area contributed by atoms with E-state index >= 15 is 0 Å². The topological polar surface area (TPSA) is 0 Å². The Kier molecular flexibility index (Phi) is 2.31. The van der Waals surface area contributed by atoms with Crippen LogP contribution in [0.1, 0.15) is 40.5 Å². The van der Waals surface area contributed by atoms with Crippen molar-refractivity contribution in [2.45, 2.75) is 45.8 Å². The number of thioether (sulfide) groups is 1. The average Bonchev–Trinajstić information content (AvgIpc) is 2.03. The minimum atomic E-state index is 0.433. The van der Waals surface area contributed by atoms with Gasteiger partial charge in [0.1, 0.15) is 0 Å². The van der Waals surface area contributed by atoms with Crippen molar-refractivity contribution in [3.8, 4) is 0 Å². The molecule has 0 spiro atoms. The minimum absolute atomic E-state index is 0.433. The van der Waals surface area contributed by atoms with Gasteiger partial charge in [-0.2, -0.15) is 0 Å². The van der Waals surface area contributed by atoms with Gasteiger partial charge in [-0.3, -0.25) is 0 Å². The van der Waals surface area contributed by atoms with Crippen LogP contribution in [0.4, 0.5) is 0 Å². The lowest BCUT2D eigenvalue weighted by molar-refractivity contribution is 0.322. The second-order valence-corrected chi connectivity index (χ2v) is 5.74. The van der Waals surface area contributed by atoms with E-state index in [0.29, 0.717) is 16.1 Å². The van der Waals surface area contributed by atoms with E-state index < -0.39 is 0 Å². The smallest absolute Gasteiger partial charge is 0.0171 e. The normalized spacial score (nSPS) is 29.2. The molecule has 0 aromatic carbocycles. The maximum absolute atomic E-state index is 5.70. The Hall–Kier alpha value is 0.350. The van der Waals surface area contributed by atoms with Gasteiger partial charge >= 0.3 is 0 Å². The molecule has 0 atom stereocenters. The molecule has 1 saturated carbocycles. The summed E-state index contributed by atoms with van der Waals surface area (Å²) in [6.07, 6.45) is 8.33. The Bertz CT molecular complexity index is 131. The second kappa shape index (κ2) is 2.69. The van der Waals surface area contributed by atoms with Gasteiger partial charge in [0.25, 0.3) is 0 Å². The van der Waals surface area contributed by atoms with Gasteiger partial charge < -0.3 is 18.0 Å². The molecule has 0 N–H and O–H groups in total. The zero-order valence-corrected chi connectivity index (χ0v) is 8.79. The van der Waals surface area contributed by atoms with Crippen LogP contribution >= 0.6 is 11.8 Å². The summed E-state index contributed by atoms with van der Waals surface area (Å²) < 4.78 is 0. The molecule has 1 heteroatoms. The molecule has 65 valence electrons. The maximum atomic E-state index is 5.70. The molecule has 1 rings (SSSR count). The van der Waals surface area contributed by atoms with E-state index in [1.807, 2.05) is 0 Å². The Morgan fingerprint density at radius 2 is 1.45 bits per heavy atom. The Labute approximate surface area is 75.1 Å². The zero-order valence-electron chi connectivity index (χ0n) is 7.98. The molecular weight excluding hydrogens is 152 g/mol. The number of hydrogen-bond acceptors (Lipinski definition) is 1. The van der Waals surface area contributed by atoms with Gasteiger partial charge in [0.2, 0.25) is 0 Å². The van der Waals surface area contributed by atoms with Crippen LogP contribution in [-0.2, 0) is 0 Å². The summed E-state index contributed by atoms with van der Waals surface area (Å²) in [5.74, 6) is 0. The van der Waals surface area contributed by atoms with Gasteiger partial charge in [0.05, 0.1) is 0 Å². The van der Waals surface area contributed by atoms with Crippen LogP contribution < -0.4 is 0 Å². The van der Waals surface area contributed by atoms with Crippen molar-refractivity contribution in [3.63, 3.8) is 0 Å². The fourth-order valence-electron chi connectivity index (χ4n) is 2.33. The zero-order chi connectivity index (χ0) is 8.70. The highest BCUT2D eigenvalue weighted by molar-refractivity contribution is 8.01. The van der Waals surface area contributed by atoms with E-state index in [-0.39, 0.29) is 0 Å². The fraction of sp³-hybridized carbons (Fsp3) is 0.900. The third kappa shape index (κ3) is 1.58. The van der Waals surface area contributed by atoms with E-state index in [1.54, 1.807) is 11.8 Å². The van der Waals surface area contributed by atoms with Crippen LogP contribution in [0.3, 0.4) is 0 Å². The lowest BCUT2D eigenvalue weighted by Gasteiger charge is -2.37. The van der Waals surface area contributed by atoms with Gasteiger partial charge in [-0.05, 0) is 28.9 Å². The van der Waals surface area contributed by atoms with Crippen LogP contribution in [0.5, 0.6) is 0 Å². The van der Waals surface area contributed by atoms with Crippen molar-refractivity contribution in [2.75, 3.05) is 0 Å². The summed E-state index contributed by atoms with van der Waals surface area (Å²) in [5, 5.41) is 0.620. The standard InChI is InChI=1S/C10H18S/c1-9(2)6-7-10(3,4)8(9)11-5/h5,8H,6-7H2,1-4H3/q-1. The van der Waals surface area contributed by atoms with E-state index in [2.05, 4.69) is 27.7 Å². The first kappa shape index (κ1) is 9.44. The van der Waals surface area contributed by atoms with Crippen molar-refractivity contribution in [2.24, 2.45) is 10.8 Å². The van der Waals surface area contributed by atoms with Gasteiger partial charge in [-0.15, -0.1) is 0 Å². The summed E-state index contributed by atoms with van der Waals surface area (Å²) in [7, 11) is 0. The van der Waals surface area contributed by atoms with E-state index in [9.17, 15) is 0 Å². The highest BCUT2D eigenvalue weighted by Gasteiger charge is 2.44. The molecule has 11 heavy (non-hydrogen) atoms. The summed E-state index contributed by atoms with van der Waals surface area (Å²) in [4.78, 5) is 0. The summed E-state index contributed by atoms with van der Waals surface area (Å²) in [6, 6.07) is 0. The Morgan fingerprint density at radius 1 is 1.09 bits per heavy atom. The lowest BCUT2D eigenvalue weighted by Crippen LogP contribution is -2.29. The quantitative estimate of drug-likeness (QED) is 0.542. The van der Waals surface area contributed by atoms with Crippen LogP contribution in [0.25, 0.3) is 0 Å². The van der Waals surface area contributed by atoms with Gasteiger partial charge in [0, 0.05) is 0 Å². The molecule has 0 saturated heterocycles. The first-order valence-corrected chi connectivity index (χ1v) is 5.20. The summed E-state index contributed by atoms with van der Waals surface area (Å²) >= 11 is 1.55. The highest BCUT2D eigenvalue weighted by Crippen LogP contribution is 2.54. The molecular formula is C10H18S-. The molecule has 0 nitrogen and oxygen atoms in total. The van der Waals surface area contributed by atoms with Crippen molar-refractivity contribution in [1.82, 2.24) is 0 Å². The fourth-order valence-corrected chi connectivity index (χ4v) is 3.31. The maximum Gasteiger partial charge on any atom is -0.0171 e. The van der Waals surface area contributed by atoms with Crippen LogP contribution in [0.15, 0.2) is 0 Å². The monoisotopic (exact) mass is 170 g/mol. The average molecular weight is 170 g/mol. The highest BCUT2D eigenvalue weighted by atomic mass is 32.2. The Balaban J connectivity index is 2.80. The van der Waals surface area contributed by atoms with Crippen molar-refractivity contribution < 1.29 is 0 Å². The largest absolute Gasteiger partial charge is 0.428 e. The predicted octanol–water partition coefficient (Wildman–Crippen LogP) is 3.60. The Morgan fingerprint density at radius 3 is 1.64 bits per heavy atom. The lowest BCUT2D eigenvalue weighted by atomic mass is 9.84. The first-order valence-electron chi connectivity index (χ1n) is 4.26. The molecule has 1 aliphatic rings. The third-order valence-corrected chi connectivity index (χ3v) is 4.52. The number of rotatable bonds is 1. The molecule has 0 amide bonds. The van der Waals surface area contributed by atoms with E-state index in [0.717, 1.165) is 0 Å². The van der Waals surface area contributed by atoms with Crippen molar-refractivity contribution in [3.05, 3.63) is 6.26 Å². The molecule has 0 bridgehead atoms. The van der Waals surface area contributed by atoms with E-state index in [4.69, 9.17) is 6.26 Å². The summed E-state index contributed by atoms with van der Waals surface area (Å²) in [6.45, 7) is 9.30. The molecule has 0 heterocycles. The molecule has 0 aromatic heterocycles. The summed E-state index contributed by atoms with van der Waals surface area (Å²) in [5.41, 5.74) is 0.867. The van der Waals surface area contributed by atoms with Gasteiger partial charge in [0.15, 0.2) is 0 Å².